The Kier molecular flexibility index (Phi) is 4.13. The van der Waals surface area contributed by atoms with Gasteiger partial charge in [-0.25, -0.2) is 0 Å². The summed E-state index contributed by atoms with van der Waals surface area (Å²) in [6.45, 7) is 7.47. The summed E-state index contributed by atoms with van der Waals surface area (Å²) in [5.41, 5.74) is 4.26. The van der Waals surface area contributed by atoms with Gasteiger partial charge in [0.05, 0.1) is 5.69 Å². The van der Waals surface area contributed by atoms with Gasteiger partial charge in [0.25, 0.3) is 0 Å². The van der Waals surface area contributed by atoms with Crippen LogP contribution in [0.5, 0.6) is 0 Å². The summed E-state index contributed by atoms with van der Waals surface area (Å²) in [6.07, 6.45) is 3.35. The number of nitriles is 1. The van der Waals surface area contributed by atoms with Gasteiger partial charge in [-0.1, -0.05) is 5.16 Å². The van der Waals surface area contributed by atoms with E-state index < -0.39 is 0 Å². The minimum absolute atomic E-state index is 0.200. The van der Waals surface area contributed by atoms with Crippen molar-refractivity contribution in [2.24, 2.45) is 0 Å². The van der Waals surface area contributed by atoms with Gasteiger partial charge in [-0.15, -0.1) is 0 Å². The highest BCUT2D eigenvalue weighted by atomic mass is 16.5. The number of pyridine rings is 1. The summed E-state index contributed by atoms with van der Waals surface area (Å²) in [5.74, 6) is 0.585. The number of hydrogen-bond donors (Lipinski definition) is 0. The van der Waals surface area contributed by atoms with Gasteiger partial charge >= 0.3 is 8.05 Å². The van der Waals surface area contributed by atoms with Crippen molar-refractivity contribution in [3.63, 3.8) is 0 Å². The van der Waals surface area contributed by atoms with E-state index in [1.807, 2.05) is 20.8 Å². The molecule has 0 bridgehead atoms. The maximum absolute atomic E-state index is 9.48. The van der Waals surface area contributed by atoms with Crippen LogP contribution in [0.1, 0.15) is 33.7 Å². The van der Waals surface area contributed by atoms with Crippen molar-refractivity contribution in [2.75, 3.05) is 0 Å². The van der Waals surface area contributed by atoms with E-state index in [1.54, 1.807) is 19.3 Å². The molecule has 0 amide bonds. The van der Waals surface area contributed by atoms with E-state index in [0.717, 1.165) is 16.7 Å². The number of aromatic nitrogens is 2. The first-order chi connectivity index (χ1) is 10.0. The van der Waals surface area contributed by atoms with Gasteiger partial charge in [-0.05, 0) is 38.8 Å². The molecule has 0 spiro atoms. The van der Waals surface area contributed by atoms with Crippen LogP contribution in [0.25, 0.3) is 11.3 Å². The highest BCUT2D eigenvalue weighted by Crippen LogP contribution is 2.31. The third-order valence-corrected chi connectivity index (χ3v) is 3.55. The Labute approximate surface area is 124 Å². The standard InChI is InChI=1S/C15H14BN3O2/c1-8-6-18-7-13(9(8)2)15(20-16)12(5-17)14-10(3)11(4)19-21-14/h6-7H,1-4H3. The zero-order chi connectivity index (χ0) is 15.6. The lowest BCUT2D eigenvalue weighted by Crippen LogP contribution is -1.99. The summed E-state index contributed by atoms with van der Waals surface area (Å²) in [5, 5.41) is 13.3. The number of allylic oxidation sites excluding steroid dienone is 1. The Morgan fingerprint density at radius 1 is 1.24 bits per heavy atom. The van der Waals surface area contributed by atoms with E-state index in [1.165, 1.54) is 0 Å². The van der Waals surface area contributed by atoms with E-state index in [4.69, 9.17) is 17.2 Å². The molecule has 2 aromatic heterocycles. The van der Waals surface area contributed by atoms with Crippen LogP contribution in [0, 0.1) is 39.0 Å². The Balaban J connectivity index is 2.74. The quantitative estimate of drug-likeness (QED) is 0.490. The fraction of sp³-hybridized carbons (Fsp3) is 0.267. The molecule has 0 aromatic carbocycles. The molecule has 104 valence electrons. The molecular weight excluding hydrogens is 265 g/mol. The Hall–Kier alpha value is -2.55. The van der Waals surface area contributed by atoms with E-state index >= 15 is 0 Å². The lowest BCUT2D eigenvalue weighted by Gasteiger charge is -2.13. The van der Waals surface area contributed by atoms with Gasteiger partial charge in [-0.2, -0.15) is 5.26 Å². The van der Waals surface area contributed by atoms with Crippen LogP contribution in [0.4, 0.5) is 0 Å². The fourth-order valence-corrected chi connectivity index (χ4v) is 1.97. The lowest BCUT2D eigenvalue weighted by molar-refractivity contribution is 0.405. The van der Waals surface area contributed by atoms with Crippen LogP contribution in [0.2, 0.25) is 0 Å². The molecule has 2 heterocycles. The minimum Gasteiger partial charge on any atom is -0.566 e. The summed E-state index contributed by atoms with van der Waals surface area (Å²) in [4.78, 5) is 4.13. The summed E-state index contributed by atoms with van der Waals surface area (Å²) < 4.78 is 10.2. The molecule has 0 aliphatic carbocycles. The molecule has 0 aliphatic heterocycles. The van der Waals surface area contributed by atoms with Crippen molar-refractivity contribution in [3.05, 3.63) is 46.1 Å². The fourth-order valence-electron chi connectivity index (χ4n) is 1.97. The second kappa shape index (κ2) is 5.84. The van der Waals surface area contributed by atoms with Crippen molar-refractivity contribution in [3.8, 4) is 6.07 Å². The smallest absolute Gasteiger partial charge is 0.374 e. The van der Waals surface area contributed by atoms with Gasteiger partial charge in [0, 0.05) is 23.5 Å². The molecule has 0 fully saturated rings. The molecule has 0 aliphatic rings. The molecule has 6 heteroatoms. The van der Waals surface area contributed by atoms with E-state index in [0.29, 0.717) is 17.0 Å². The molecule has 5 nitrogen and oxygen atoms in total. The first kappa shape index (κ1) is 14.9. The van der Waals surface area contributed by atoms with Crippen LogP contribution >= 0.6 is 0 Å². The van der Waals surface area contributed by atoms with Gasteiger partial charge in [0.15, 0.2) is 5.76 Å². The predicted molar refractivity (Wildman–Crippen MR) is 79.0 cm³/mol. The third-order valence-electron chi connectivity index (χ3n) is 3.55. The van der Waals surface area contributed by atoms with Gasteiger partial charge in [-0.3, -0.25) is 4.98 Å². The van der Waals surface area contributed by atoms with Gasteiger partial charge in [0.1, 0.15) is 17.4 Å². The SMILES string of the molecule is [B]OC(=C(C#N)c1onc(C)c1C)c1cncc(C)c1C. The topological polar surface area (TPSA) is 71.9 Å². The highest BCUT2D eigenvalue weighted by Gasteiger charge is 2.21. The summed E-state index contributed by atoms with van der Waals surface area (Å²) in [6, 6.07) is 2.08. The van der Waals surface area contributed by atoms with Crippen molar-refractivity contribution < 1.29 is 9.18 Å². The molecular formula is C15H14BN3O2. The second-order valence-electron chi connectivity index (χ2n) is 4.78. The van der Waals surface area contributed by atoms with E-state index in [9.17, 15) is 5.26 Å². The molecule has 0 saturated carbocycles. The van der Waals surface area contributed by atoms with Crippen LogP contribution in [0.3, 0.4) is 0 Å². The van der Waals surface area contributed by atoms with E-state index in [-0.39, 0.29) is 11.3 Å². The molecule has 0 saturated heterocycles. The normalized spacial score (nSPS) is 11.8. The minimum atomic E-state index is 0.200. The monoisotopic (exact) mass is 279 g/mol. The molecule has 21 heavy (non-hydrogen) atoms. The average Bonchev–Trinajstić information content (AvgIpc) is 2.80. The van der Waals surface area contributed by atoms with Crippen molar-refractivity contribution in [1.29, 1.82) is 5.26 Å². The molecule has 2 aromatic rings. The Morgan fingerprint density at radius 3 is 2.48 bits per heavy atom. The van der Waals surface area contributed by atoms with Crippen molar-refractivity contribution in [1.82, 2.24) is 10.1 Å². The summed E-state index contributed by atoms with van der Waals surface area (Å²) >= 11 is 0. The zero-order valence-corrected chi connectivity index (χ0v) is 12.4. The summed E-state index contributed by atoms with van der Waals surface area (Å²) in [7, 11) is 5.40. The van der Waals surface area contributed by atoms with Gasteiger partial charge < -0.3 is 9.18 Å². The molecule has 0 N–H and O–H groups in total. The predicted octanol–water partition coefficient (Wildman–Crippen LogP) is 2.80. The van der Waals surface area contributed by atoms with E-state index in [2.05, 4.69) is 16.2 Å². The first-order valence-corrected chi connectivity index (χ1v) is 6.37. The lowest BCUT2D eigenvalue weighted by atomic mass is 10.00. The molecule has 2 radical (unpaired) electrons. The average molecular weight is 279 g/mol. The molecule has 0 atom stereocenters. The number of rotatable bonds is 3. The largest absolute Gasteiger partial charge is 0.566 e. The first-order valence-electron chi connectivity index (χ1n) is 6.37. The number of hydrogen-bond acceptors (Lipinski definition) is 5. The maximum Gasteiger partial charge on any atom is 0.374 e. The van der Waals surface area contributed by atoms with Crippen molar-refractivity contribution >= 4 is 19.4 Å². The van der Waals surface area contributed by atoms with Gasteiger partial charge in [0.2, 0.25) is 0 Å². The molecule has 2 rings (SSSR count). The third kappa shape index (κ3) is 2.55. The zero-order valence-electron chi connectivity index (χ0n) is 12.4. The van der Waals surface area contributed by atoms with Crippen LogP contribution in [-0.4, -0.2) is 18.2 Å². The maximum atomic E-state index is 9.48. The van der Waals surface area contributed by atoms with Crippen LogP contribution in [-0.2, 0) is 4.65 Å². The van der Waals surface area contributed by atoms with Crippen LogP contribution < -0.4 is 0 Å². The Morgan fingerprint density at radius 2 is 1.95 bits per heavy atom. The molecule has 0 unspecified atom stereocenters. The second-order valence-corrected chi connectivity index (χ2v) is 4.78. The number of nitrogens with zero attached hydrogens (tertiary/aromatic N) is 3. The number of aryl methyl sites for hydroxylation is 2. The van der Waals surface area contributed by atoms with Crippen LogP contribution in [0.15, 0.2) is 16.9 Å². The Bertz CT molecular complexity index is 757. The highest BCUT2D eigenvalue weighted by molar-refractivity contribution is 6.06. The van der Waals surface area contributed by atoms with Crippen molar-refractivity contribution in [2.45, 2.75) is 27.7 Å².